The predicted molar refractivity (Wildman–Crippen MR) is 96.3 cm³/mol. The summed E-state index contributed by atoms with van der Waals surface area (Å²) in [6, 6.07) is 11.9. The second-order valence-electron chi connectivity index (χ2n) is 5.90. The molecule has 1 aromatic heterocycles. The molecule has 0 spiro atoms. The zero-order chi connectivity index (χ0) is 17.1. The van der Waals surface area contributed by atoms with Crippen LogP contribution in [0.4, 0.5) is 11.5 Å². The van der Waals surface area contributed by atoms with Gasteiger partial charge < -0.3 is 14.8 Å². The van der Waals surface area contributed by atoms with E-state index in [0.29, 0.717) is 11.5 Å². The smallest absolute Gasteiger partial charge is 0.163 e. The van der Waals surface area contributed by atoms with Gasteiger partial charge in [-0.05, 0) is 44.5 Å². The first-order valence-corrected chi connectivity index (χ1v) is 7.90. The number of ether oxygens (including phenoxy) is 2. The molecule has 0 saturated heterocycles. The minimum Gasteiger partial charge on any atom is -0.493 e. The molecule has 0 aliphatic carbocycles. The van der Waals surface area contributed by atoms with Crippen molar-refractivity contribution in [1.82, 2.24) is 9.97 Å². The lowest BCUT2D eigenvalue weighted by Crippen LogP contribution is -2.07. The molecule has 124 valence electrons. The van der Waals surface area contributed by atoms with E-state index in [-0.39, 0.29) is 6.10 Å². The monoisotopic (exact) mass is 323 g/mol. The molecule has 1 N–H and O–H groups in total. The molecule has 2 aromatic carbocycles. The fourth-order valence-electron chi connectivity index (χ4n) is 2.53. The summed E-state index contributed by atoms with van der Waals surface area (Å²) in [6.45, 7) is 6.02. The third kappa shape index (κ3) is 3.40. The Balaban J connectivity index is 2.06. The number of fused-ring (bicyclic) bond motifs is 1. The van der Waals surface area contributed by atoms with Gasteiger partial charge in [-0.25, -0.2) is 9.97 Å². The van der Waals surface area contributed by atoms with E-state index in [1.54, 1.807) is 13.4 Å². The van der Waals surface area contributed by atoms with Crippen molar-refractivity contribution >= 4 is 22.4 Å². The maximum absolute atomic E-state index is 5.81. The number of methoxy groups -OCH3 is 1. The van der Waals surface area contributed by atoms with E-state index in [4.69, 9.17) is 9.47 Å². The molecule has 0 radical (unpaired) electrons. The molecular formula is C19H21N3O2. The van der Waals surface area contributed by atoms with Crippen LogP contribution in [0.2, 0.25) is 0 Å². The van der Waals surface area contributed by atoms with Crippen LogP contribution >= 0.6 is 0 Å². The van der Waals surface area contributed by atoms with Gasteiger partial charge in [0.2, 0.25) is 0 Å². The highest BCUT2D eigenvalue weighted by atomic mass is 16.5. The Labute approximate surface area is 141 Å². The first-order valence-electron chi connectivity index (χ1n) is 7.90. The van der Waals surface area contributed by atoms with Crippen LogP contribution in [-0.2, 0) is 0 Å². The van der Waals surface area contributed by atoms with Crippen LogP contribution in [0.3, 0.4) is 0 Å². The van der Waals surface area contributed by atoms with Gasteiger partial charge in [0.15, 0.2) is 11.5 Å². The molecule has 5 heteroatoms. The molecule has 0 bridgehead atoms. The van der Waals surface area contributed by atoms with Crippen LogP contribution in [0.25, 0.3) is 10.9 Å². The largest absolute Gasteiger partial charge is 0.493 e. The number of anilines is 2. The van der Waals surface area contributed by atoms with Crippen molar-refractivity contribution in [3.63, 3.8) is 0 Å². The summed E-state index contributed by atoms with van der Waals surface area (Å²) < 4.78 is 11.3. The predicted octanol–water partition coefficient (Wildman–Crippen LogP) is 4.48. The number of nitrogens with one attached hydrogen (secondary N) is 1. The molecule has 0 amide bonds. The lowest BCUT2D eigenvalue weighted by molar-refractivity contribution is 0.230. The van der Waals surface area contributed by atoms with Gasteiger partial charge in [0.25, 0.3) is 0 Å². The summed E-state index contributed by atoms with van der Waals surface area (Å²) in [5.74, 6) is 2.08. The van der Waals surface area contributed by atoms with Gasteiger partial charge in [0, 0.05) is 17.1 Å². The molecule has 0 aliphatic heterocycles. The number of aromatic nitrogens is 2. The first kappa shape index (κ1) is 16.1. The number of hydrogen-bond acceptors (Lipinski definition) is 5. The van der Waals surface area contributed by atoms with Crippen LogP contribution < -0.4 is 14.8 Å². The fraction of sp³-hybridized carbons (Fsp3) is 0.263. The summed E-state index contributed by atoms with van der Waals surface area (Å²) in [5, 5.41) is 4.23. The van der Waals surface area contributed by atoms with Crippen LogP contribution in [0.15, 0.2) is 42.7 Å². The number of nitrogens with zero attached hydrogens (tertiary/aromatic N) is 2. The van der Waals surface area contributed by atoms with E-state index in [2.05, 4.69) is 34.3 Å². The molecule has 0 aliphatic rings. The minimum atomic E-state index is 0.0584. The molecule has 0 atom stereocenters. The van der Waals surface area contributed by atoms with Gasteiger partial charge in [0.1, 0.15) is 12.1 Å². The molecule has 24 heavy (non-hydrogen) atoms. The lowest BCUT2D eigenvalue weighted by Gasteiger charge is -2.15. The van der Waals surface area contributed by atoms with Gasteiger partial charge in [-0.1, -0.05) is 12.1 Å². The van der Waals surface area contributed by atoms with E-state index in [1.165, 1.54) is 5.56 Å². The van der Waals surface area contributed by atoms with Crippen LogP contribution in [0.1, 0.15) is 19.4 Å². The Kier molecular flexibility index (Phi) is 4.51. The highest BCUT2D eigenvalue weighted by Crippen LogP contribution is 2.35. The van der Waals surface area contributed by atoms with Gasteiger partial charge in [-0.2, -0.15) is 0 Å². The molecule has 0 unspecified atom stereocenters. The second-order valence-corrected chi connectivity index (χ2v) is 5.90. The van der Waals surface area contributed by atoms with Crippen molar-refractivity contribution in [2.75, 3.05) is 12.4 Å². The minimum absolute atomic E-state index is 0.0584. The number of rotatable bonds is 5. The van der Waals surface area contributed by atoms with Crippen molar-refractivity contribution < 1.29 is 9.47 Å². The van der Waals surface area contributed by atoms with Crippen molar-refractivity contribution in [1.29, 1.82) is 0 Å². The van der Waals surface area contributed by atoms with Crippen molar-refractivity contribution in [2.24, 2.45) is 0 Å². The van der Waals surface area contributed by atoms with E-state index in [0.717, 1.165) is 22.4 Å². The normalized spacial score (nSPS) is 10.9. The van der Waals surface area contributed by atoms with E-state index >= 15 is 0 Å². The van der Waals surface area contributed by atoms with Gasteiger partial charge in [0.05, 0.1) is 18.7 Å². The topological polar surface area (TPSA) is 56.3 Å². The zero-order valence-corrected chi connectivity index (χ0v) is 14.3. The van der Waals surface area contributed by atoms with Crippen LogP contribution in [0.5, 0.6) is 11.5 Å². The SMILES string of the molecule is COc1cc2c(Nc3cccc(C)c3)ncnc2cc1OC(C)C. The Morgan fingerprint density at radius 2 is 1.88 bits per heavy atom. The number of aryl methyl sites for hydroxylation is 1. The summed E-state index contributed by atoms with van der Waals surface area (Å²) in [7, 11) is 1.63. The molecule has 3 rings (SSSR count). The summed E-state index contributed by atoms with van der Waals surface area (Å²) in [6.07, 6.45) is 1.61. The summed E-state index contributed by atoms with van der Waals surface area (Å²) >= 11 is 0. The second kappa shape index (κ2) is 6.74. The third-order valence-electron chi connectivity index (χ3n) is 3.56. The quantitative estimate of drug-likeness (QED) is 0.750. The van der Waals surface area contributed by atoms with Gasteiger partial charge in [-0.3, -0.25) is 0 Å². The highest BCUT2D eigenvalue weighted by Gasteiger charge is 2.12. The third-order valence-corrected chi connectivity index (χ3v) is 3.56. The van der Waals surface area contributed by atoms with Gasteiger partial charge in [-0.15, -0.1) is 0 Å². The Hall–Kier alpha value is -2.82. The van der Waals surface area contributed by atoms with E-state index in [1.807, 2.05) is 38.1 Å². The summed E-state index contributed by atoms with van der Waals surface area (Å²) in [4.78, 5) is 8.74. The maximum atomic E-state index is 5.81. The molecule has 0 saturated carbocycles. The lowest BCUT2D eigenvalue weighted by atomic mass is 10.2. The maximum Gasteiger partial charge on any atom is 0.163 e. The number of hydrogen-bond donors (Lipinski definition) is 1. The fourth-order valence-corrected chi connectivity index (χ4v) is 2.53. The van der Waals surface area contributed by atoms with Crippen LogP contribution in [0, 0.1) is 6.92 Å². The average molecular weight is 323 g/mol. The summed E-state index contributed by atoms with van der Waals surface area (Å²) in [5.41, 5.74) is 2.97. The number of benzene rings is 2. The zero-order valence-electron chi connectivity index (χ0n) is 14.3. The van der Waals surface area contributed by atoms with Crippen molar-refractivity contribution in [3.8, 4) is 11.5 Å². The van der Waals surface area contributed by atoms with Crippen LogP contribution in [-0.4, -0.2) is 23.2 Å². The molecule has 0 fully saturated rings. The Bertz CT molecular complexity index is 862. The van der Waals surface area contributed by atoms with Crippen molar-refractivity contribution in [2.45, 2.75) is 26.9 Å². The molecule has 1 heterocycles. The van der Waals surface area contributed by atoms with E-state index in [9.17, 15) is 0 Å². The molecule has 3 aromatic rings. The van der Waals surface area contributed by atoms with E-state index < -0.39 is 0 Å². The Morgan fingerprint density at radius 3 is 2.58 bits per heavy atom. The van der Waals surface area contributed by atoms with Crippen molar-refractivity contribution in [3.05, 3.63) is 48.3 Å². The Morgan fingerprint density at radius 1 is 1.04 bits per heavy atom. The standard InChI is InChI=1S/C19H21N3O2/c1-12(2)24-18-10-16-15(9-17(18)23-4)19(21-11-20-16)22-14-7-5-6-13(3)8-14/h5-12H,1-4H3,(H,20,21,22). The molecule has 5 nitrogen and oxygen atoms in total. The average Bonchev–Trinajstić information content (AvgIpc) is 2.54. The van der Waals surface area contributed by atoms with Gasteiger partial charge >= 0.3 is 0 Å². The highest BCUT2D eigenvalue weighted by molar-refractivity contribution is 5.93. The first-order chi connectivity index (χ1) is 11.6. The molecular weight excluding hydrogens is 302 g/mol.